The Hall–Kier alpha value is -2.03. The fraction of sp³-hybridized carbons (Fsp3) is 0.607. The molecule has 2 saturated carbocycles. The monoisotopic (exact) mass is 421 g/mol. The Labute approximate surface area is 188 Å². The molecular weight excluding hydrogens is 382 g/mol. The highest BCUT2D eigenvalue weighted by Crippen LogP contribution is 2.49. The molecule has 0 N–H and O–H groups in total. The normalized spacial score (nSPS) is 18.8. The fourth-order valence-corrected chi connectivity index (χ4v) is 5.10. The number of carbonyl (C=O) groups excluding carboxylic acids is 1. The maximum atomic E-state index is 12.6. The van der Waals surface area contributed by atoms with Gasteiger partial charge >= 0.3 is 5.97 Å². The number of benzene rings is 1. The molecule has 0 amide bonds. The molecule has 31 heavy (non-hydrogen) atoms. The van der Waals surface area contributed by atoms with E-state index in [1.54, 1.807) is 0 Å². The molecule has 0 atom stereocenters. The van der Waals surface area contributed by atoms with Crippen molar-refractivity contribution in [3.05, 3.63) is 46.6 Å². The number of carbonyl (C=O) groups is 1. The van der Waals surface area contributed by atoms with Crippen LogP contribution in [0, 0.1) is 12.8 Å². The minimum Gasteiger partial charge on any atom is -0.465 e. The molecule has 0 saturated heterocycles. The smallest absolute Gasteiger partial charge is 0.339 e. The van der Waals surface area contributed by atoms with Crippen LogP contribution in [0.2, 0.25) is 0 Å². The first kappa shape index (κ1) is 22.2. The van der Waals surface area contributed by atoms with Crippen molar-refractivity contribution >= 4 is 5.97 Å². The average Bonchev–Trinajstić information content (AvgIpc) is 3.42. The molecule has 3 nitrogen and oxygen atoms in total. The van der Waals surface area contributed by atoms with Crippen molar-refractivity contribution in [3.63, 3.8) is 0 Å². The summed E-state index contributed by atoms with van der Waals surface area (Å²) in [6, 6.07) is 9.22. The topological polar surface area (TPSA) is 31.2 Å². The molecule has 4 rings (SSSR count). The fourth-order valence-electron chi connectivity index (χ4n) is 5.10. The molecular formula is C28H39NO2. The van der Waals surface area contributed by atoms with Gasteiger partial charge in [0, 0.05) is 17.9 Å². The van der Waals surface area contributed by atoms with Gasteiger partial charge in [-0.3, -0.25) is 0 Å². The van der Waals surface area contributed by atoms with E-state index in [1.807, 2.05) is 0 Å². The molecule has 2 fully saturated rings. The molecule has 0 unspecified atom stereocenters. The summed E-state index contributed by atoms with van der Waals surface area (Å²) in [7, 11) is 1.48. The minimum atomic E-state index is -0.234. The van der Waals surface area contributed by atoms with E-state index in [2.05, 4.69) is 63.5 Å². The number of aromatic nitrogens is 1. The van der Waals surface area contributed by atoms with Gasteiger partial charge in [0.1, 0.15) is 0 Å². The summed E-state index contributed by atoms with van der Waals surface area (Å²) < 4.78 is 7.53. The summed E-state index contributed by atoms with van der Waals surface area (Å²) >= 11 is 0. The van der Waals surface area contributed by atoms with Crippen LogP contribution in [0.5, 0.6) is 0 Å². The first-order valence-electron chi connectivity index (χ1n) is 12.1. The van der Waals surface area contributed by atoms with E-state index in [9.17, 15) is 4.79 Å². The Kier molecular flexibility index (Phi) is 5.83. The summed E-state index contributed by atoms with van der Waals surface area (Å²) in [6.45, 7) is 12.3. The Balaban J connectivity index is 1.85. The predicted molar refractivity (Wildman–Crippen MR) is 128 cm³/mol. The number of esters is 1. The molecule has 0 aliphatic heterocycles. The number of rotatable bonds is 5. The first-order chi connectivity index (χ1) is 14.6. The highest BCUT2D eigenvalue weighted by atomic mass is 16.5. The Morgan fingerprint density at radius 2 is 1.77 bits per heavy atom. The molecule has 2 aliphatic carbocycles. The number of hydrogen-bond donors (Lipinski definition) is 0. The lowest BCUT2D eigenvalue weighted by atomic mass is 9.82. The van der Waals surface area contributed by atoms with Crippen LogP contribution in [-0.2, 0) is 22.1 Å². The number of nitrogens with zero attached hydrogens (tertiary/aromatic N) is 1. The lowest BCUT2D eigenvalue weighted by molar-refractivity contribution is 0.0599. The van der Waals surface area contributed by atoms with Crippen LogP contribution < -0.4 is 0 Å². The zero-order valence-corrected chi connectivity index (χ0v) is 20.3. The third-order valence-corrected chi connectivity index (χ3v) is 7.73. The van der Waals surface area contributed by atoms with Gasteiger partial charge in [-0.05, 0) is 84.2 Å². The van der Waals surface area contributed by atoms with E-state index >= 15 is 0 Å². The average molecular weight is 422 g/mol. The molecule has 3 heteroatoms. The first-order valence-corrected chi connectivity index (χ1v) is 12.1. The molecule has 2 aliphatic rings. The molecule has 0 bridgehead atoms. The summed E-state index contributed by atoms with van der Waals surface area (Å²) in [5.41, 5.74) is 7.34. The third kappa shape index (κ3) is 4.47. The van der Waals surface area contributed by atoms with Gasteiger partial charge in [-0.1, -0.05) is 53.0 Å². The van der Waals surface area contributed by atoms with E-state index in [4.69, 9.17) is 4.74 Å². The van der Waals surface area contributed by atoms with Gasteiger partial charge in [0.05, 0.1) is 12.7 Å². The van der Waals surface area contributed by atoms with Crippen molar-refractivity contribution in [2.24, 2.45) is 5.92 Å². The lowest BCUT2D eigenvalue weighted by Crippen LogP contribution is -2.17. The summed E-state index contributed by atoms with van der Waals surface area (Å²) in [4.78, 5) is 12.6. The van der Waals surface area contributed by atoms with Crippen molar-refractivity contribution in [2.45, 2.75) is 96.9 Å². The standard InChI is InChI=1S/C28H39NO2/c1-19-24(26(30)31-6)17-25(29(19)18-20-10-8-7-9-11-20)21-14-22(27(2,3)4)16-23(15-21)28(5)12-13-28/h14-17,20H,7-13,18H2,1-6H3. The van der Waals surface area contributed by atoms with Gasteiger partial charge in [-0.2, -0.15) is 0 Å². The SMILES string of the molecule is COC(=O)c1cc(-c2cc(C(C)(C)C)cc(C3(C)CC3)c2)n(CC2CCCCC2)c1C. The van der Waals surface area contributed by atoms with Crippen LogP contribution in [0.1, 0.15) is 99.8 Å². The Morgan fingerprint density at radius 1 is 1.10 bits per heavy atom. The molecule has 2 aromatic rings. The van der Waals surface area contributed by atoms with Crippen molar-refractivity contribution < 1.29 is 9.53 Å². The Bertz CT molecular complexity index is 942. The zero-order chi connectivity index (χ0) is 22.4. The van der Waals surface area contributed by atoms with E-state index in [1.165, 1.54) is 74.4 Å². The molecule has 0 spiro atoms. The second kappa shape index (κ2) is 8.15. The van der Waals surface area contributed by atoms with E-state index in [0.29, 0.717) is 16.9 Å². The maximum Gasteiger partial charge on any atom is 0.339 e. The minimum absolute atomic E-state index is 0.0804. The molecule has 1 aromatic heterocycles. The van der Waals surface area contributed by atoms with Gasteiger partial charge in [0.15, 0.2) is 0 Å². The molecule has 168 valence electrons. The second-order valence-electron chi connectivity index (χ2n) is 11.2. The van der Waals surface area contributed by atoms with Gasteiger partial charge in [0.2, 0.25) is 0 Å². The Morgan fingerprint density at radius 3 is 2.35 bits per heavy atom. The van der Waals surface area contributed by atoms with Crippen LogP contribution in [0.15, 0.2) is 24.3 Å². The molecule has 1 aromatic carbocycles. The third-order valence-electron chi connectivity index (χ3n) is 7.73. The second-order valence-corrected chi connectivity index (χ2v) is 11.2. The highest BCUT2D eigenvalue weighted by molar-refractivity contribution is 5.92. The summed E-state index contributed by atoms with van der Waals surface area (Å²) in [5, 5.41) is 0. The van der Waals surface area contributed by atoms with Crippen molar-refractivity contribution in [3.8, 4) is 11.3 Å². The van der Waals surface area contributed by atoms with E-state index in [-0.39, 0.29) is 11.4 Å². The quantitative estimate of drug-likeness (QED) is 0.479. The number of ether oxygens (including phenoxy) is 1. The molecule has 1 heterocycles. The molecule has 0 radical (unpaired) electrons. The number of hydrogen-bond acceptors (Lipinski definition) is 2. The van der Waals surface area contributed by atoms with Gasteiger partial charge in [-0.15, -0.1) is 0 Å². The predicted octanol–water partition coefficient (Wildman–Crippen LogP) is 7.18. The van der Waals surface area contributed by atoms with Crippen LogP contribution in [0.4, 0.5) is 0 Å². The van der Waals surface area contributed by atoms with Crippen LogP contribution in [-0.4, -0.2) is 17.6 Å². The van der Waals surface area contributed by atoms with Crippen LogP contribution >= 0.6 is 0 Å². The van der Waals surface area contributed by atoms with Gasteiger partial charge in [-0.25, -0.2) is 4.79 Å². The maximum absolute atomic E-state index is 12.6. The number of methoxy groups -OCH3 is 1. The largest absolute Gasteiger partial charge is 0.465 e. The summed E-state index contributed by atoms with van der Waals surface area (Å²) in [5.74, 6) is 0.456. The van der Waals surface area contributed by atoms with Crippen molar-refractivity contribution in [1.82, 2.24) is 4.57 Å². The van der Waals surface area contributed by atoms with Crippen LogP contribution in [0.3, 0.4) is 0 Å². The van der Waals surface area contributed by atoms with Crippen LogP contribution in [0.25, 0.3) is 11.3 Å². The highest BCUT2D eigenvalue weighted by Gasteiger charge is 2.40. The lowest BCUT2D eigenvalue weighted by Gasteiger charge is -2.26. The van der Waals surface area contributed by atoms with Gasteiger partial charge in [0.25, 0.3) is 0 Å². The summed E-state index contributed by atoms with van der Waals surface area (Å²) in [6.07, 6.45) is 9.10. The van der Waals surface area contributed by atoms with E-state index < -0.39 is 0 Å². The zero-order valence-electron chi connectivity index (χ0n) is 20.3. The van der Waals surface area contributed by atoms with Crippen molar-refractivity contribution in [1.29, 1.82) is 0 Å². The van der Waals surface area contributed by atoms with Crippen molar-refractivity contribution in [2.75, 3.05) is 7.11 Å². The van der Waals surface area contributed by atoms with Gasteiger partial charge < -0.3 is 9.30 Å². The van der Waals surface area contributed by atoms with E-state index in [0.717, 1.165) is 12.2 Å².